The van der Waals surface area contributed by atoms with Crippen molar-refractivity contribution in [2.45, 2.75) is 20.8 Å². The summed E-state index contributed by atoms with van der Waals surface area (Å²) in [5.74, 6) is 1.88. The minimum Gasteiger partial charge on any atom is -0.299 e. The molecule has 170 valence electrons. The normalized spacial score (nSPS) is 11.3. The summed E-state index contributed by atoms with van der Waals surface area (Å²) in [6.07, 6.45) is 3.92. The Morgan fingerprint density at radius 2 is 1.34 bits per heavy atom. The third kappa shape index (κ3) is 3.64. The van der Waals surface area contributed by atoms with E-state index in [2.05, 4.69) is 115 Å². The van der Waals surface area contributed by atoms with Crippen LogP contribution < -0.4 is 0 Å². The van der Waals surface area contributed by atoms with Crippen molar-refractivity contribution in [1.29, 1.82) is 0 Å². The lowest BCUT2D eigenvalue weighted by Crippen LogP contribution is -2.02. The molecule has 0 aliphatic rings. The van der Waals surface area contributed by atoms with E-state index in [1.165, 1.54) is 27.9 Å². The van der Waals surface area contributed by atoms with Gasteiger partial charge in [-0.2, -0.15) is 0 Å². The zero-order chi connectivity index (χ0) is 23.9. The second-order valence-electron chi connectivity index (χ2n) is 8.98. The molecule has 4 aromatic carbocycles. The molecule has 4 heteroatoms. The molecule has 0 atom stereocenters. The molecule has 0 saturated carbocycles. The summed E-state index contributed by atoms with van der Waals surface area (Å²) in [6.45, 7) is 6.40. The van der Waals surface area contributed by atoms with Gasteiger partial charge in [-0.1, -0.05) is 48.5 Å². The summed E-state index contributed by atoms with van der Waals surface area (Å²) < 4.78 is 4.39. The molecule has 2 heterocycles. The van der Waals surface area contributed by atoms with Crippen molar-refractivity contribution in [2.75, 3.05) is 0 Å². The molecule has 0 spiro atoms. The molecule has 0 unspecified atom stereocenters. The van der Waals surface area contributed by atoms with Crippen LogP contribution in [0.3, 0.4) is 0 Å². The zero-order valence-electron chi connectivity index (χ0n) is 20.1. The lowest BCUT2D eigenvalue weighted by Gasteiger charge is -2.16. The first kappa shape index (κ1) is 21.1. The van der Waals surface area contributed by atoms with Gasteiger partial charge in [0.25, 0.3) is 0 Å². The van der Waals surface area contributed by atoms with Crippen LogP contribution >= 0.6 is 0 Å². The fourth-order valence-electron chi connectivity index (χ4n) is 5.07. The van der Waals surface area contributed by atoms with E-state index in [1.807, 2.05) is 18.5 Å². The SMILES string of the molecule is Cc1cc(-c2ccccc2)cc(C)c1-n1ccnc1-c1ccc2c(c1)nc(C)n2-c1ccccc1. The molecule has 0 fully saturated rings. The van der Waals surface area contributed by atoms with Gasteiger partial charge < -0.3 is 0 Å². The third-order valence-corrected chi connectivity index (χ3v) is 6.57. The number of aryl methyl sites for hydroxylation is 3. The third-order valence-electron chi connectivity index (χ3n) is 6.57. The van der Waals surface area contributed by atoms with Crippen LogP contribution in [-0.2, 0) is 0 Å². The van der Waals surface area contributed by atoms with Gasteiger partial charge in [0, 0.05) is 23.6 Å². The molecule has 2 aromatic heterocycles. The summed E-state index contributed by atoms with van der Waals surface area (Å²) in [6, 6.07) is 31.8. The van der Waals surface area contributed by atoms with E-state index in [9.17, 15) is 0 Å². The van der Waals surface area contributed by atoms with Crippen molar-refractivity contribution >= 4 is 11.0 Å². The number of hydrogen-bond donors (Lipinski definition) is 0. The Kier molecular flexibility index (Phi) is 5.07. The molecule has 0 N–H and O–H groups in total. The van der Waals surface area contributed by atoms with Gasteiger partial charge in [-0.05, 0) is 85.5 Å². The standard InChI is InChI=1S/C31H26N4/c1-21-18-26(24-10-6-4-7-11-24)19-22(2)30(21)34-17-16-32-31(34)25-14-15-29-28(20-25)33-23(3)35(29)27-12-8-5-9-13-27/h4-20H,1-3H3. The number of hydrogen-bond acceptors (Lipinski definition) is 2. The fourth-order valence-corrected chi connectivity index (χ4v) is 5.07. The quantitative estimate of drug-likeness (QED) is 0.277. The second kappa shape index (κ2) is 8.41. The average molecular weight is 455 g/mol. The van der Waals surface area contributed by atoms with Crippen LogP contribution in [0, 0.1) is 20.8 Å². The van der Waals surface area contributed by atoms with Crippen LogP contribution in [0.15, 0.2) is 103 Å². The van der Waals surface area contributed by atoms with Crippen molar-refractivity contribution in [1.82, 2.24) is 19.1 Å². The molecule has 0 aliphatic heterocycles. The van der Waals surface area contributed by atoms with Gasteiger partial charge in [0.05, 0.1) is 16.7 Å². The van der Waals surface area contributed by atoms with E-state index < -0.39 is 0 Å². The number of nitrogens with zero attached hydrogens (tertiary/aromatic N) is 4. The summed E-state index contributed by atoms with van der Waals surface area (Å²) in [5, 5.41) is 0. The van der Waals surface area contributed by atoms with Crippen LogP contribution in [0.2, 0.25) is 0 Å². The van der Waals surface area contributed by atoms with Gasteiger partial charge in [0.2, 0.25) is 0 Å². The van der Waals surface area contributed by atoms with Crippen molar-refractivity contribution in [3.63, 3.8) is 0 Å². The molecule has 6 rings (SSSR count). The average Bonchev–Trinajstić information content (AvgIpc) is 3.48. The predicted octanol–water partition coefficient (Wildman–Crippen LogP) is 7.47. The first-order valence-electron chi connectivity index (χ1n) is 11.9. The van der Waals surface area contributed by atoms with Gasteiger partial charge in [0.1, 0.15) is 11.6 Å². The number of benzene rings is 4. The van der Waals surface area contributed by atoms with Crippen LogP contribution in [0.25, 0.3) is 44.9 Å². The highest BCUT2D eigenvalue weighted by atomic mass is 15.1. The lowest BCUT2D eigenvalue weighted by atomic mass is 9.98. The van der Waals surface area contributed by atoms with E-state index in [0.29, 0.717) is 0 Å². The van der Waals surface area contributed by atoms with Gasteiger partial charge in [-0.25, -0.2) is 9.97 Å². The Bertz CT molecular complexity index is 1630. The fraction of sp³-hybridized carbons (Fsp3) is 0.0968. The van der Waals surface area contributed by atoms with Crippen molar-refractivity contribution in [3.05, 3.63) is 120 Å². The Morgan fingerprint density at radius 1 is 0.657 bits per heavy atom. The van der Waals surface area contributed by atoms with Crippen LogP contribution in [-0.4, -0.2) is 19.1 Å². The number of fused-ring (bicyclic) bond motifs is 1. The van der Waals surface area contributed by atoms with E-state index in [0.717, 1.165) is 33.9 Å². The topological polar surface area (TPSA) is 35.6 Å². The molecule has 0 aliphatic carbocycles. The minimum absolute atomic E-state index is 0.914. The van der Waals surface area contributed by atoms with Crippen molar-refractivity contribution in [2.24, 2.45) is 0 Å². The zero-order valence-corrected chi connectivity index (χ0v) is 20.1. The van der Waals surface area contributed by atoms with Crippen molar-refractivity contribution < 1.29 is 0 Å². The predicted molar refractivity (Wildman–Crippen MR) is 143 cm³/mol. The van der Waals surface area contributed by atoms with Crippen LogP contribution in [0.1, 0.15) is 17.0 Å². The van der Waals surface area contributed by atoms with Crippen molar-refractivity contribution in [3.8, 4) is 33.9 Å². The molecule has 0 saturated heterocycles. The van der Waals surface area contributed by atoms with E-state index in [4.69, 9.17) is 9.97 Å². The number of rotatable bonds is 4. The monoisotopic (exact) mass is 454 g/mol. The first-order valence-corrected chi connectivity index (χ1v) is 11.9. The van der Waals surface area contributed by atoms with Gasteiger partial charge in [-0.3, -0.25) is 9.13 Å². The lowest BCUT2D eigenvalue weighted by molar-refractivity contribution is 1.00. The molecule has 0 bridgehead atoms. The Morgan fingerprint density at radius 3 is 2.06 bits per heavy atom. The molecule has 6 aromatic rings. The number of para-hydroxylation sites is 1. The minimum atomic E-state index is 0.914. The highest BCUT2D eigenvalue weighted by molar-refractivity contribution is 5.83. The molecule has 0 radical (unpaired) electrons. The largest absolute Gasteiger partial charge is 0.299 e. The smallest absolute Gasteiger partial charge is 0.144 e. The second-order valence-corrected chi connectivity index (χ2v) is 8.98. The summed E-state index contributed by atoms with van der Waals surface area (Å²) in [5.41, 5.74) is 10.3. The van der Waals surface area contributed by atoms with Gasteiger partial charge >= 0.3 is 0 Å². The maximum absolute atomic E-state index is 4.87. The first-order chi connectivity index (χ1) is 17.1. The summed E-state index contributed by atoms with van der Waals surface area (Å²) >= 11 is 0. The number of imidazole rings is 2. The Labute approximate surface area is 205 Å². The van der Waals surface area contributed by atoms with E-state index >= 15 is 0 Å². The number of aromatic nitrogens is 4. The van der Waals surface area contributed by atoms with Crippen LogP contribution in [0.4, 0.5) is 0 Å². The van der Waals surface area contributed by atoms with Crippen LogP contribution in [0.5, 0.6) is 0 Å². The Balaban J connectivity index is 1.44. The van der Waals surface area contributed by atoms with Gasteiger partial charge in [-0.15, -0.1) is 0 Å². The Hall–Kier alpha value is -4.44. The molecule has 0 amide bonds. The summed E-state index contributed by atoms with van der Waals surface area (Å²) in [7, 11) is 0. The maximum atomic E-state index is 4.87. The van der Waals surface area contributed by atoms with Gasteiger partial charge in [0.15, 0.2) is 0 Å². The summed E-state index contributed by atoms with van der Waals surface area (Å²) in [4.78, 5) is 9.62. The maximum Gasteiger partial charge on any atom is 0.144 e. The highest BCUT2D eigenvalue weighted by Crippen LogP contribution is 2.32. The highest BCUT2D eigenvalue weighted by Gasteiger charge is 2.16. The molecular formula is C31H26N4. The molecule has 4 nitrogen and oxygen atoms in total. The molecule has 35 heavy (non-hydrogen) atoms. The van der Waals surface area contributed by atoms with E-state index in [1.54, 1.807) is 0 Å². The van der Waals surface area contributed by atoms with E-state index in [-0.39, 0.29) is 0 Å². The molecular weight excluding hydrogens is 428 g/mol.